The van der Waals surface area contributed by atoms with E-state index in [0.717, 1.165) is 17.3 Å². The Hall–Kier alpha value is -1.88. The Balaban J connectivity index is 2.86. The Morgan fingerprint density at radius 1 is 1.50 bits per heavy atom. The van der Waals surface area contributed by atoms with Crippen molar-refractivity contribution in [2.24, 2.45) is 0 Å². The van der Waals surface area contributed by atoms with Crippen molar-refractivity contribution in [1.29, 1.82) is 5.41 Å². The van der Waals surface area contributed by atoms with Crippen LogP contribution in [0.15, 0.2) is 12.1 Å². The fourth-order valence-corrected chi connectivity index (χ4v) is 1.82. The number of hydrogen-bond donors (Lipinski definition) is 3. The highest BCUT2D eigenvalue weighted by atomic mass is 16.6. The fraction of sp³-hybridized carbons (Fsp3) is 0.467. The number of carbonyl (C=O) groups is 1. The van der Waals surface area contributed by atoms with E-state index >= 15 is 0 Å². The van der Waals surface area contributed by atoms with E-state index in [2.05, 4.69) is 0 Å². The lowest BCUT2D eigenvalue weighted by molar-refractivity contribution is -0.164. The normalized spacial score (nSPS) is 12.8. The molecule has 0 bridgehead atoms. The zero-order valence-corrected chi connectivity index (χ0v) is 12.4. The van der Waals surface area contributed by atoms with Gasteiger partial charge >= 0.3 is 5.97 Å². The van der Waals surface area contributed by atoms with Crippen molar-refractivity contribution in [2.75, 3.05) is 5.73 Å². The van der Waals surface area contributed by atoms with E-state index in [1.807, 2.05) is 6.92 Å². The largest absolute Gasteiger partial charge is 0.458 e. The number of benzene rings is 1. The molecule has 0 saturated carbocycles. The van der Waals surface area contributed by atoms with Gasteiger partial charge in [-0.05, 0) is 44.9 Å². The SMILES string of the molecule is Cc1cc(CC(O)C(=O)OC(C)(C)C)cc(C=N)c1N. The maximum atomic E-state index is 11.7. The molecule has 0 aromatic heterocycles. The molecule has 4 N–H and O–H groups in total. The summed E-state index contributed by atoms with van der Waals surface area (Å²) in [7, 11) is 0. The van der Waals surface area contributed by atoms with Crippen molar-refractivity contribution < 1.29 is 14.6 Å². The summed E-state index contributed by atoms with van der Waals surface area (Å²) in [6.45, 7) is 7.07. The van der Waals surface area contributed by atoms with Crippen LogP contribution in [0, 0.1) is 12.3 Å². The lowest BCUT2D eigenvalue weighted by atomic mass is 10.00. The van der Waals surface area contributed by atoms with E-state index in [-0.39, 0.29) is 6.42 Å². The Bertz CT molecular complexity index is 519. The van der Waals surface area contributed by atoms with Gasteiger partial charge in [-0.25, -0.2) is 4.79 Å². The quantitative estimate of drug-likeness (QED) is 0.444. The molecule has 0 aliphatic heterocycles. The second-order valence-electron chi connectivity index (χ2n) is 5.81. The van der Waals surface area contributed by atoms with Gasteiger partial charge in [-0.15, -0.1) is 0 Å². The number of nitrogens with two attached hydrogens (primary N) is 1. The second kappa shape index (κ2) is 6.05. The Kier molecular flexibility index (Phi) is 4.89. The zero-order chi connectivity index (χ0) is 15.5. The van der Waals surface area contributed by atoms with Crippen LogP contribution in [-0.2, 0) is 16.0 Å². The van der Waals surface area contributed by atoms with Crippen molar-refractivity contribution >= 4 is 17.9 Å². The van der Waals surface area contributed by atoms with Crippen molar-refractivity contribution in [2.45, 2.75) is 45.8 Å². The van der Waals surface area contributed by atoms with Crippen LogP contribution in [0.5, 0.6) is 0 Å². The summed E-state index contributed by atoms with van der Waals surface area (Å²) in [6.07, 6.45) is 0.0681. The van der Waals surface area contributed by atoms with Crippen molar-refractivity contribution in [3.63, 3.8) is 0 Å². The fourth-order valence-electron chi connectivity index (χ4n) is 1.82. The average Bonchev–Trinajstić information content (AvgIpc) is 2.31. The van der Waals surface area contributed by atoms with Gasteiger partial charge in [-0.3, -0.25) is 0 Å². The molecule has 1 aromatic carbocycles. The number of carbonyl (C=O) groups excluding carboxylic acids is 1. The van der Waals surface area contributed by atoms with Crippen LogP contribution in [0.4, 0.5) is 5.69 Å². The van der Waals surface area contributed by atoms with Crippen LogP contribution in [-0.4, -0.2) is 29.0 Å². The first-order chi connectivity index (χ1) is 9.14. The average molecular weight is 278 g/mol. The molecule has 110 valence electrons. The number of aliphatic hydroxyl groups is 1. The molecule has 0 fully saturated rings. The van der Waals surface area contributed by atoms with Gasteiger partial charge in [0.2, 0.25) is 0 Å². The third kappa shape index (κ3) is 4.35. The molecular weight excluding hydrogens is 256 g/mol. The summed E-state index contributed by atoms with van der Waals surface area (Å²) in [5.41, 5.74) is 7.88. The summed E-state index contributed by atoms with van der Waals surface area (Å²) in [4.78, 5) is 11.7. The van der Waals surface area contributed by atoms with Crippen LogP contribution in [0.1, 0.15) is 37.5 Å². The van der Waals surface area contributed by atoms with Gasteiger partial charge in [-0.1, -0.05) is 6.07 Å². The third-order valence-electron chi connectivity index (χ3n) is 2.74. The monoisotopic (exact) mass is 278 g/mol. The zero-order valence-electron chi connectivity index (χ0n) is 12.4. The molecular formula is C15H22N2O3. The second-order valence-corrected chi connectivity index (χ2v) is 5.81. The highest BCUT2D eigenvalue weighted by molar-refractivity contribution is 5.86. The summed E-state index contributed by atoms with van der Waals surface area (Å²) < 4.78 is 5.12. The molecule has 1 rings (SSSR count). The number of esters is 1. The van der Waals surface area contributed by atoms with Gasteiger partial charge in [0.25, 0.3) is 0 Å². The predicted molar refractivity (Wildman–Crippen MR) is 79.0 cm³/mol. The lowest BCUT2D eigenvalue weighted by Crippen LogP contribution is -2.33. The molecule has 1 unspecified atom stereocenters. The molecule has 1 atom stereocenters. The molecule has 0 saturated heterocycles. The maximum Gasteiger partial charge on any atom is 0.335 e. The van der Waals surface area contributed by atoms with Crippen LogP contribution in [0.25, 0.3) is 0 Å². The van der Waals surface area contributed by atoms with E-state index in [1.54, 1.807) is 32.9 Å². The molecule has 5 heteroatoms. The minimum absolute atomic E-state index is 0.136. The first-order valence-electron chi connectivity index (χ1n) is 6.44. The topological polar surface area (TPSA) is 96.4 Å². The van der Waals surface area contributed by atoms with E-state index in [1.165, 1.54) is 0 Å². The van der Waals surface area contributed by atoms with Gasteiger partial charge in [0.1, 0.15) is 5.60 Å². The third-order valence-corrected chi connectivity index (χ3v) is 2.74. The number of ether oxygens (including phenoxy) is 1. The molecule has 0 spiro atoms. The number of aryl methyl sites for hydroxylation is 1. The van der Waals surface area contributed by atoms with Crippen LogP contribution in [0.3, 0.4) is 0 Å². The molecule has 20 heavy (non-hydrogen) atoms. The standard InChI is InChI=1S/C15H22N2O3/c1-9-5-10(6-11(8-16)13(9)17)7-12(18)14(19)20-15(2,3)4/h5-6,8,12,16,18H,7,17H2,1-4H3. The molecule has 0 amide bonds. The Morgan fingerprint density at radius 2 is 2.10 bits per heavy atom. The van der Waals surface area contributed by atoms with Gasteiger partial charge < -0.3 is 21.0 Å². The number of rotatable bonds is 4. The maximum absolute atomic E-state index is 11.7. The molecule has 1 aromatic rings. The number of aliphatic hydroxyl groups excluding tert-OH is 1. The van der Waals surface area contributed by atoms with Gasteiger partial charge in [0.15, 0.2) is 6.10 Å². The molecule has 0 heterocycles. The van der Waals surface area contributed by atoms with E-state index in [4.69, 9.17) is 15.9 Å². The highest BCUT2D eigenvalue weighted by Gasteiger charge is 2.23. The van der Waals surface area contributed by atoms with Crippen LogP contribution >= 0.6 is 0 Å². The van der Waals surface area contributed by atoms with Crippen LogP contribution in [0.2, 0.25) is 0 Å². The van der Waals surface area contributed by atoms with Gasteiger partial charge in [-0.2, -0.15) is 0 Å². The first kappa shape index (κ1) is 16.2. The first-order valence-corrected chi connectivity index (χ1v) is 6.44. The highest BCUT2D eigenvalue weighted by Crippen LogP contribution is 2.20. The number of anilines is 1. The summed E-state index contributed by atoms with van der Waals surface area (Å²) >= 11 is 0. The smallest absolute Gasteiger partial charge is 0.335 e. The number of hydrogen-bond acceptors (Lipinski definition) is 5. The number of nitrogen functional groups attached to an aromatic ring is 1. The minimum Gasteiger partial charge on any atom is -0.458 e. The molecule has 0 aliphatic rings. The molecule has 5 nitrogen and oxygen atoms in total. The van der Waals surface area contributed by atoms with Crippen molar-refractivity contribution in [3.05, 3.63) is 28.8 Å². The Labute approximate surface area is 119 Å². The van der Waals surface area contributed by atoms with Gasteiger partial charge in [0.05, 0.1) is 0 Å². The predicted octanol–water partition coefficient (Wildman–Crippen LogP) is 1.82. The van der Waals surface area contributed by atoms with E-state index in [9.17, 15) is 9.90 Å². The van der Waals surface area contributed by atoms with Crippen LogP contribution < -0.4 is 5.73 Å². The molecule has 0 radical (unpaired) electrons. The summed E-state index contributed by atoms with van der Waals surface area (Å²) in [6, 6.07) is 3.50. The summed E-state index contributed by atoms with van der Waals surface area (Å²) in [5.74, 6) is -0.650. The summed E-state index contributed by atoms with van der Waals surface area (Å²) in [5, 5.41) is 17.2. The molecule has 0 aliphatic carbocycles. The van der Waals surface area contributed by atoms with E-state index < -0.39 is 17.7 Å². The minimum atomic E-state index is -1.23. The number of nitrogens with one attached hydrogen (secondary N) is 1. The van der Waals surface area contributed by atoms with Gasteiger partial charge in [0, 0.05) is 23.9 Å². The Morgan fingerprint density at radius 3 is 2.60 bits per heavy atom. The van der Waals surface area contributed by atoms with E-state index in [0.29, 0.717) is 11.3 Å². The lowest BCUT2D eigenvalue weighted by Gasteiger charge is -2.22. The van der Waals surface area contributed by atoms with Crippen molar-refractivity contribution in [1.82, 2.24) is 0 Å². The van der Waals surface area contributed by atoms with Crippen molar-refractivity contribution in [3.8, 4) is 0 Å².